The molecule has 0 radical (unpaired) electrons. The Bertz CT molecular complexity index is 1880. The minimum absolute atomic E-state index is 0.0184. The number of ether oxygens (including phenoxy) is 2. The van der Waals surface area contributed by atoms with Gasteiger partial charge in [0, 0.05) is 32.5 Å². The highest BCUT2D eigenvalue weighted by Crippen LogP contribution is 2.33. The van der Waals surface area contributed by atoms with Crippen LogP contribution in [0.25, 0.3) is 22.4 Å². The van der Waals surface area contributed by atoms with E-state index in [-0.39, 0.29) is 37.2 Å². The Hall–Kier alpha value is -6.28. The van der Waals surface area contributed by atoms with Gasteiger partial charge in [0.15, 0.2) is 0 Å². The molecule has 0 aliphatic carbocycles. The maximum absolute atomic E-state index is 13.3. The topological polar surface area (TPSA) is 175 Å². The van der Waals surface area contributed by atoms with Gasteiger partial charge in [-0.2, -0.15) is 0 Å². The van der Waals surface area contributed by atoms with Crippen LogP contribution in [-0.4, -0.2) is 95.1 Å². The van der Waals surface area contributed by atoms with Crippen LogP contribution < -0.4 is 16.0 Å². The monoisotopic (exact) mass is 721 g/mol. The SMILES string of the molecule is C#CC[C@H](NC(=O)OC)C(=O)N1CCC[C@H]1C(=O)NCc1ccc(-c2ccc(-c3cnc([C@@H]4CCCN4C(=O)[C@H](CC#C)NC(=O)OC)[nH]3)cc2)cc1. The number of H-pyrrole nitrogens is 1. The van der Waals surface area contributed by atoms with E-state index in [1.807, 2.05) is 48.5 Å². The van der Waals surface area contributed by atoms with Gasteiger partial charge in [-0.3, -0.25) is 14.4 Å². The molecule has 4 N–H and O–H groups in total. The van der Waals surface area contributed by atoms with E-state index in [9.17, 15) is 24.0 Å². The maximum atomic E-state index is 13.3. The van der Waals surface area contributed by atoms with Crippen LogP contribution in [0.15, 0.2) is 54.7 Å². The molecule has 2 fully saturated rings. The fraction of sp³-hybridized carbons (Fsp3) is 0.385. The first-order valence-electron chi connectivity index (χ1n) is 17.4. The first kappa shape index (κ1) is 38.0. The van der Waals surface area contributed by atoms with Gasteiger partial charge in [0.05, 0.1) is 32.2 Å². The van der Waals surface area contributed by atoms with Crippen molar-refractivity contribution in [1.82, 2.24) is 35.7 Å². The Morgan fingerprint density at radius 1 is 0.811 bits per heavy atom. The molecule has 3 aromatic rings. The number of amides is 5. The highest BCUT2D eigenvalue weighted by atomic mass is 16.5. The van der Waals surface area contributed by atoms with Crippen LogP contribution in [0.2, 0.25) is 0 Å². The number of imidazole rings is 1. The number of nitrogens with one attached hydrogen (secondary N) is 4. The molecule has 5 rings (SSSR count). The summed E-state index contributed by atoms with van der Waals surface area (Å²) < 4.78 is 9.27. The molecule has 2 saturated heterocycles. The van der Waals surface area contributed by atoms with Crippen molar-refractivity contribution in [1.29, 1.82) is 0 Å². The normalized spacial score (nSPS) is 17.5. The van der Waals surface area contributed by atoms with Crippen molar-refractivity contribution in [3.63, 3.8) is 0 Å². The van der Waals surface area contributed by atoms with Crippen molar-refractivity contribution < 1.29 is 33.4 Å². The van der Waals surface area contributed by atoms with Gasteiger partial charge >= 0.3 is 12.2 Å². The lowest BCUT2D eigenvalue weighted by Gasteiger charge is -2.27. The van der Waals surface area contributed by atoms with Crippen LogP contribution in [0.3, 0.4) is 0 Å². The lowest BCUT2D eigenvalue weighted by Crippen LogP contribution is -2.53. The molecular formula is C39H43N7O7. The zero-order valence-electron chi connectivity index (χ0n) is 29.7. The number of alkyl carbamates (subject to hydrolysis) is 2. The number of nitrogens with zero attached hydrogens (tertiary/aromatic N) is 3. The van der Waals surface area contributed by atoms with Crippen LogP contribution in [-0.2, 0) is 30.4 Å². The first-order chi connectivity index (χ1) is 25.7. The number of hydrogen-bond donors (Lipinski definition) is 4. The molecule has 0 unspecified atom stereocenters. The molecule has 3 heterocycles. The lowest BCUT2D eigenvalue weighted by molar-refractivity contribution is -0.139. The molecule has 4 atom stereocenters. The molecular weight excluding hydrogens is 678 g/mol. The standard InChI is InChI=1S/C39H43N7O7/c1-5-9-29(43-38(50)52-3)36(48)45-21-7-11-32(45)34-40-24-31(42-34)28-19-17-27(18-20-28)26-15-13-25(14-16-26)23-41-35(47)33-12-8-22-46(33)37(49)30(10-6-2)44-39(51)53-4/h1-2,13-20,24,29-30,32-33H,7-12,21-23H2,3-4H3,(H,40,42)(H,41,47)(H,43,50)(H,44,51)/t29-,30-,32-,33-/m0/s1. The van der Waals surface area contributed by atoms with Crippen LogP contribution in [0.5, 0.6) is 0 Å². The van der Waals surface area contributed by atoms with Crippen LogP contribution >= 0.6 is 0 Å². The minimum atomic E-state index is -0.975. The number of carbonyl (C=O) groups excluding carboxylic acids is 5. The molecule has 0 bridgehead atoms. The van der Waals surface area contributed by atoms with E-state index in [2.05, 4.69) is 47.2 Å². The molecule has 5 amide bonds. The van der Waals surface area contributed by atoms with Crippen molar-refractivity contribution in [2.24, 2.45) is 0 Å². The molecule has 276 valence electrons. The van der Waals surface area contributed by atoms with Crippen molar-refractivity contribution in [3.05, 3.63) is 66.1 Å². The van der Waals surface area contributed by atoms with E-state index >= 15 is 0 Å². The highest BCUT2D eigenvalue weighted by Gasteiger charge is 2.38. The number of rotatable bonds is 12. The quantitative estimate of drug-likeness (QED) is 0.206. The average Bonchev–Trinajstić information content (AvgIpc) is 3.98. The molecule has 2 aliphatic heterocycles. The lowest BCUT2D eigenvalue weighted by atomic mass is 10.0. The number of likely N-dealkylation sites (tertiary alicyclic amines) is 2. The third-order valence-corrected chi connectivity index (χ3v) is 9.43. The van der Waals surface area contributed by atoms with E-state index in [0.29, 0.717) is 31.8 Å². The van der Waals surface area contributed by atoms with Crippen LogP contribution in [0, 0.1) is 24.7 Å². The van der Waals surface area contributed by atoms with E-state index in [4.69, 9.17) is 12.8 Å². The molecule has 2 aromatic carbocycles. The number of carbonyl (C=O) groups is 5. The summed E-state index contributed by atoms with van der Waals surface area (Å²) in [5.74, 6) is 4.54. The number of terminal acetylenes is 2. The van der Waals surface area contributed by atoms with Gasteiger partial charge in [-0.05, 0) is 47.9 Å². The van der Waals surface area contributed by atoms with E-state index in [0.717, 1.165) is 40.8 Å². The van der Waals surface area contributed by atoms with Crippen molar-refractivity contribution >= 4 is 29.9 Å². The molecule has 14 nitrogen and oxygen atoms in total. The third-order valence-electron chi connectivity index (χ3n) is 9.43. The van der Waals surface area contributed by atoms with Gasteiger partial charge in [0.25, 0.3) is 0 Å². The smallest absolute Gasteiger partial charge is 0.407 e. The molecule has 0 spiro atoms. The summed E-state index contributed by atoms with van der Waals surface area (Å²) in [4.78, 5) is 74.3. The van der Waals surface area contributed by atoms with E-state index in [1.54, 1.807) is 11.1 Å². The maximum Gasteiger partial charge on any atom is 0.407 e. The summed E-state index contributed by atoms with van der Waals surface area (Å²) in [6.45, 7) is 1.19. The van der Waals surface area contributed by atoms with Crippen molar-refractivity contribution in [3.8, 4) is 47.1 Å². The fourth-order valence-corrected chi connectivity index (χ4v) is 6.67. The summed E-state index contributed by atoms with van der Waals surface area (Å²) in [5, 5.41) is 7.93. The predicted octanol–water partition coefficient (Wildman–Crippen LogP) is 3.51. The Labute approximate surface area is 308 Å². The highest BCUT2D eigenvalue weighted by molar-refractivity contribution is 5.92. The summed E-state index contributed by atoms with van der Waals surface area (Å²) >= 11 is 0. The number of aromatic nitrogens is 2. The van der Waals surface area contributed by atoms with Gasteiger partial charge in [-0.1, -0.05) is 48.5 Å². The zero-order chi connectivity index (χ0) is 37.9. The molecule has 0 saturated carbocycles. The number of aromatic amines is 1. The average molecular weight is 722 g/mol. The second-order valence-electron chi connectivity index (χ2n) is 12.7. The third kappa shape index (κ3) is 9.15. The van der Waals surface area contributed by atoms with Crippen molar-refractivity contribution in [2.45, 2.75) is 69.2 Å². The molecule has 14 heteroatoms. The molecule has 1 aromatic heterocycles. The first-order valence-corrected chi connectivity index (χ1v) is 17.4. The second kappa shape index (κ2) is 17.8. The molecule has 53 heavy (non-hydrogen) atoms. The van der Waals surface area contributed by atoms with Gasteiger partial charge in [-0.15, -0.1) is 24.7 Å². The fourth-order valence-electron chi connectivity index (χ4n) is 6.67. The van der Waals surface area contributed by atoms with Gasteiger partial charge in [-0.25, -0.2) is 14.6 Å². The number of methoxy groups -OCH3 is 2. The summed E-state index contributed by atoms with van der Waals surface area (Å²) in [7, 11) is 2.43. The largest absolute Gasteiger partial charge is 0.453 e. The van der Waals surface area contributed by atoms with Gasteiger partial charge in [0.2, 0.25) is 17.7 Å². The Morgan fingerprint density at radius 2 is 1.34 bits per heavy atom. The zero-order valence-corrected chi connectivity index (χ0v) is 29.7. The summed E-state index contributed by atoms with van der Waals surface area (Å²) in [5.41, 5.74) is 4.61. The van der Waals surface area contributed by atoms with E-state index in [1.165, 1.54) is 19.1 Å². The Morgan fingerprint density at radius 3 is 1.92 bits per heavy atom. The summed E-state index contributed by atoms with van der Waals surface area (Å²) in [6.07, 6.45) is 13.8. The molecule has 2 aliphatic rings. The van der Waals surface area contributed by atoms with E-state index < -0.39 is 36.2 Å². The predicted molar refractivity (Wildman–Crippen MR) is 195 cm³/mol. The minimum Gasteiger partial charge on any atom is -0.453 e. The second-order valence-corrected chi connectivity index (χ2v) is 12.7. The Kier molecular flexibility index (Phi) is 12.7. The number of hydrogen-bond acceptors (Lipinski definition) is 8. The van der Waals surface area contributed by atoms with Crippen molar-refractivity contribution in [2.75, 3.05) is 27.3 Å². The summed E-state index contributed by atoms with van der Waals surface area (Å²) in [6, 6.07) is 13.0. The number of benzene rings is 2. The van der Waals surface area contributed by atoms with Crippen LogP contribution in [0.4, 0.5) is 9.59 Å². The Balaban J connectivity index is 1.17. The van der Waals surface area contributed by atoms with Crippen LogP contribution in [0.1, 0.15) is 56.0 Å². The van der Waals surface area contributed by atoms with Gasteiger partial charge < -0.3 is 40.2 Å². The van der Waals surface area contributed by atoms with Gasteiger partial charge in [0.1, 0.15) is 23.9 Å².